The van der Waals surface area contributed by atoms with Gasteiger partial charge >= 0.3 is 0 Å². The molecule has 27 heavy (non-hydrogen) atoms. The maximum Gasteiger partial charge on any atom is 0.271 e. The monoisotopic (exact) mass is 366 g/mol. The van der Waals surface area contributed by atoms with Gasteiger partial charge < -0.3 is 22.1 Å². The summed E-state index contributed by atoms with van der Waals surface area (Å²) in [6.45, 7) is 1.81. The van der Waals surface area contributed by atoms with Crippen LogP contribution in [0.2, 0.25) is 0 Å². The van der Waals surface area contributed by atoms with Crippen LogP contribution in [0.5, 0.6) is 0 Å². The Kier molecular flexibility index (Phi) is 5.06. The molecular weight excluding hydrogens is 348 g/mol. The zero-order valence-corrected chi connectivity index (χ0v) is 14.5. The van der Waals surface area contributed by atoms with Crippen LogP contribution in [0.25, 0.3) is 11.0 Å². The van der Waals surface area contributed by atoms with E-state index in [1.54, 1.807) is 24.5 Å². The molecule has 6 N–H and O–H groups in total. The highest BCUT2D eigenvalue weighted by Crippen LogP contribution is 2.25. The van der Waals surface area contributed by atoms with E-state index in [-0.39, 0.29) is 17.3 Å². The molecule has 0 unspecified atom stereocenters. The molecule has 0 saturated heterocycles. The molecule has 138 valence electrons. The number of rotatable bonds is 7. The number of nitrogens with two attached hydrogens (primary N) is 2. The van der Waals surface area contributed by atoms with Gasteiger partial charge in [0.05, 0.1) is 11.9 Å². The Bertz CT molecular complexity index is 1000. The van der Waals surface area contributed by atoms with E-state index < -0.39 is 17.9 Å². The number of fused-ring (bicyclic) bond motifs is 1. The molecule has 2 amide bonds. The van der Waals surface area contributed by atoms with E-state index in [0.717, 1.165) is 5.39 Å². The molecule has 3 rings (SSSR count). The van der Waals surface area contributed by atoms with Crippen LogP contribution in [0.1, 0.15) is 23.8 Å². The average Bonchev–Trinajstić information content (AvgIpc) is 2.66. The predicted molar refractivity (Wildman–Crippen MR) is 100 cm³/mol. The van der Waals surface area contributed by atoms with Gasteiger partial charge in [-0.2, -0.15) is 0 Å². The molecule has 0 aliphatic rings. The molecule has 1 atom stereocenters. The molecule has 0 aliphatic heterocycles. The molecule has 10 heteroatoms. The molecule has 3 aromatic heterocycles. The van der Waals surface area contributed by atoms with Crippen molar-refractivity contribution in [1.82, 2.24) is 19.9 Å². The van der Waals surface area contributed by atoms with Gasteiger partial charge in [0.25, 0.3) is 5.91 Å². The van der Waals surface area contributed by atoms with Gasteiger partial charge in [-0.1, -0.05) is 6.92 Å². The molecule has 0 aromatic carbocycles. The Morgan fingerprint density at radius 3 is 2.63 bits per heavy atom. The third-order valence-electron chi connectivity index (χ3n) is 3.85. The van der Waals surface area contributed by atoms with Gasteiger partial charge in [0, 0.05) is 17.8 Å². The van der Waals surface area contributed by atoms with Crippen LogP contribution in [0, 0.1) is 0 Å². The molecule has 3 heterocycles. The number of nitrogens with zero attached hydrogens (tertiary/aromatic N) is 4. The lowest BCUT2D eigenvalue weighted by molar-refractivity contribution is -0.118. The van der Waals surface area contributed by atoms with Crippen molar-refractivity contribution in [2.75, 3.05) is 10.6 Å². The number of carbonyl (C=O) groups is 2. The zero-order chi connectivity index (χ0) is 19.4. The lowest BCUT2D eigenvalue weighted by Crippen LogP contribution is -2.35. The number of hydrogen-bond acceptors (Lipinski definition) is 8. The number of hydrogen-bond donors (Lipinski definition) is 4. The van der Waals surface area contributed by atoms with Gasteiger partial charge in [-0.05, 0) is 24.6 Å². The zero-order valence-electron chi connectivity index (χ0n) is 14.5. The van der Waals surface area contributed by atoms with Crippen molar-refractivity contribution in [2.45, 2.75) is 19.4 Å². The van der Waals surface area contributed by atoms with Crippen molar-refractivity contribution < 1.29 is 9.59 Å². The second kappa shape index (κ2) is 7.60. The number of aromatic nitrogens is 4. The van der Waals surface area contributed by atoms with E-state index in [4.69, 9.17) is 11.5 Å². The molecule has 3 aromatic rings. The molecule has 0 saturated carbocycles. The number of carbonyl (C=O) groups excluding carboxylic acids is 2. The van der Waals surface area contributed by atoms with Crippen LogP contribution >= 0.6 is 0 Å². The number of anilines is 3. The highest BCUT2D eigenvalue weighted by atomic mass is 16.1. The summed E-state index contributed by atoms with van der Waals surface area (Å²) in [6.07, 6.45) is 5.01. The maximum absolute atomic E-state index is 11.7. The van der Waals surface area contributed by atoms with Crippen LogP contribution in [-0.2, 0) is 4.79 Å². The summed E-state index contributed by atoms with van der Waals surface area (Å²) < 4.78 is 0. The van der Waals surface area contributed by atoms with E-state index in [2.05, 4.69) is 30.6 Å². The Balaban J connectivity index is 2.00. The summed E-state index contributed by atoms with van der Waals surface area (Å²) in [4.78, 5) is 39.9. The van der Waals surface area contributed by atoms with Crippen molar-refractivity contribution in [1.29, 1.82) is 0 Å². The summed E-state index contributed by atoms with van der Waals surface area (Å²) in [5.74, 6) is -0.832. The topological polar surface area (TPSA) is 162 Å². The largest absolute Gasteiger partial charge is 0.368 e. The summed E-state index contributed by atoms with van der Waals surface area (Å²) in [7, 11) is 0. The summed E-state index contributed by atoms with van der Waals surface area (Å²) >= 11 is 0. The first-order valence-electron chi connectivity index (χ1n) is 8.19. The lowest BCUT2D eigenvalue weighted by Gasteiger charge is -2.16. The Labute approximate surface area is 154 Å². The third-order valence-corrected chi connectivity index (χ3v) is 3.85. The Morgan fingerprint density at radius 1 is 1.15 bits per heavy atom. The molecule has 0 fully saturated rings. The minimum atomic E-state index is -0.741. The van der Waals surface area contributed by atoms with Crippen molar-refractivity contribution in [3.05, 3.63) is 42.5 Å². The molecular formula is C17H18N8O2. The smallest absolute Gasteiger partial charge is 0.271 e. The van der Waals surface area contributed by atoms with Gasteiger partial charge in [-0.25, -0.2) is 19.9 Å². The van der Waals surface area contributed by atoms with Crippen LogP contribution in [0.3, 0.4) is 0 Å². The van der Waals surface area contributed by atoms with E-state index in [1.807, 2.05) is 13.0 Å². The van der Waals surface area contributed by atoms with Crippen LogP contribution in [0.15, 0.2) is 36.8 Å². The second-order valence-corrected chi connectivity index (χ2v) is 5.68. The van der Waals surface area contributed by atoms with Gasteiger partial charge in [-0.3, -0.25) is 9.59 Å². The molecule has 0 aliphatic carbocycles. The normalized spacial score (nSPS) is 11.7. The second-order valence-electron chi connectivity index (χ2n) is 5.68. The first kappa shape index (κ1) is 18.0. The van der Waals surface area contributed by atoms with E-state index in [9.17, 15) is 9.59 Å². The van der Waals surface area contributed by atoms with Crippen LogP contribution < -0.4 is 22.1 Å². The van der Waals surface area contributed by atoms with Gasteiger partial charge in [0.1, 0.15) is 11.9 Å². The number of amides is 2. The van der Waals surface area contributed by atoms with Gasteiger partial charge in [0.2, 0.25) is 5.91 Å². The number of pyridine rings is 2. The van der Waals surface area contributed by atoms with Crippen LogP contribution in [-0.4, -0.2) is 37.8 Å². The number of primary amides is 2. The van der Waals surface area contributed by atoms with Gasteiger partial charge in [0.15, 0.2) is 17.2 Å². The average molecular weight is 366 g/mol. The SMILES string of the molecule is CC[C@@H](Nc1cnc(C(N)=O)c(Nc2ccnc3ncccc23)n1)C(N)=O. The highest BCUT2D eigenvalue weighted by Gasteiger charge is 2.17. The minimum absolute atomic E-state index is 0.0403. The summed E-state index contributed by atoms with van der Waals surface area (Å²) in [5.41, 5.74) is 11.9. The highest BCUT2D eigenvalue weighted by molar-refractivity contribution is 5.98. The molecule has 0 radical (unpaired) electrons. The van der Waals surface area contributed by atoms with Crippen molar-refractivity contribution >= 4 is 40.2 Å². The lowest BCUT2D eigenvalue weighted by atomic mass is 10.2. The summed E-state index contributed by atoms with van der Waals surface area (Å²) in [6, 6.07) is 4.70. The quantitative estimate of drug-likeness (QED) is 0.480. The summed E-state index contributed by atoms with van der Waals surface area (Å²) in [5, 5.41) is 6.68. The first-order chi connectivity index (χ1) is 13.0. The molecule has 0 bridgehead atoms. The van der Waals surface area contributed by atoms with E-state index in [1.165, 1.54) is 6.20 Å². The van der Waals surface area contributed by atoms with Crippen molar-refractivity contribution in [3.8, 4) is 0 Å². The standard InChI is InChI=1S/C17H18N8O2/c1-2-10(14(18)26)23-12-8-22-13(15(19)27)17(25-12)24-11-5-7-21-16-9(11)4-3-6-20-16/h3-8,10H,2H2,1H3,(H2,18,26)(H2,19,27)(H2,20,21,23,24,25)/t10-/m1/s1. The van der Waals surface area contributed by atoms with Crippen molar-refractivity contribution in [2.24, 2.45) is 11.5 Å². The predicted octanol–water partition coefficient (Wildman–Crippen LogP) is 0.938. The maximum atomic E-state index is 11.7. The van der Waals surface area contributed by atoms with Crippen LogP contribution in [0.4, 0.5) is 17.3 Å². The fourth-order valence-electron chi connectivity index (χ4n) is 2.50. The Hall–Kier alpha value is -3.82. The van der Waals surface area contributed by atoms with Crippen molar-refractivity contribution in [3.63, 3.8) is 0 Å². The van der Waals surface area contributed by atoms with E-state index in [0.29, 0.717) is 17.8 Å². The minimum Gasteiger partial charge on any atom is -0.368 e. The van der Waals surface area contributed by atoms with Gasteiger partial charge in [-0.15, -0.1) is 0 Å². The molecule has 0 spiro atoms. The van der Waals surface area contributed by atoms with E-state index >= 15 is 0 Å². The molecule has 10 nitrogen and oxygen atoms in total. The Morgan fingerprint density at radius 2 is 1.93 bits per heavy atom. The first-order valence-corrected chi connectivity index (χ1v) is 8.19. The number of nitrogens with one attached hydrogen (secondary N) is 2. The fraction of sp³-hybridized carbons (Fsp3) is 0.176. The fourth-order valence-corrected chi connectivity index (χ4v) is 2.50. The third kappa shape index (κ3) is 3.89.